The molecule has 6 heteroatoms. The van der Waals surface area contributed by atoms with Gasteiger partial charge >= 0.3 is 11.6 Å². The molecule has 0 aliphatic rings. The highest BCUT2D eigenvalue weighted by Gasteiger charge is 2.21. The van der Waals surface area contributed by atoms with Crippen LogP contribution < -0.4 is 5.63 Å². The largest absolute Gasteiger partial charge is 0.506 e. The summed E-state index contributed by atoms with van der Waals surface area (Å²) in [6.45, 7) is 3.71. The van der Waals surface area contributed by atoms with Crippen LogP contribution in [-0.4, -0.2) is 23.3 Å². The SMILES string of the molecule is COC(=O)c1ccc2oc(=O)c(CC=C(C)C)c(O)c2c1O. The molecule has 0 bridgehead atoms. The highest BCUT2D eigenvalue weighted by atomic mass is 16.5. The van der Waals surface area contributed by atoms with Gasteiger partial charge in [-0.3, -0.25) is 0 Å². The predicted octanol–water partition coefficient (Wildman–Crippen LogP) is 2.50. The lowest BCUT2D eigenvalue weighted by atomic mass is 10.0. The standard InChI is InChI=1S/C16H16O6/c1-8(2)4-5-10-14(18)12-11(22-16(10)20)7-6-9(13(12)17)15(19)21-3/h4,6-7,17-18H,5H2,1-3H3. The highest BCUT2D eigenvalue weighted by Crippen LogP contribution is 2.36. The molecule has 0 radical (unpaired) electrons. The van der Waals surface area contributed by atoms with Crippen LogP contribution in [0.25, 0.3) is 11.0 Å². The number of ether oxygens (including phenoxy) is 1. The maximum atomic E-state index is 11.9. The predicted molar refractivity (Wildman–Crippen MR) is 80.3 cm³/mol. The summed E-state index contributed by atoms with van der Waals surface area (Å²) in [6, 6.07) is 2.59. The van der Waals surface area contributed by atoms with Gasteiger partial charge in [-0.1, -0.05) is 11.6 Å². The number of aromatic hydroxyl groups is 2. The van der Waals surface area contributed by atoms with E-state index in [2.05, 4.69) is 4.74 Å². The summed E-state index contributed by atoms with van der Waals surface area (Å²) < 4.78 is 9.65. The second kappa shape index (κ2) is 5.93. The molecule has 0 saturated heterocycles. The smallest absolute Gasteiger partial charge is 0.343 e. The number of carbonyl (C=O) groups excluding carboxylic acids is 1. The molecule has 1 aromatic carbocycles. The molecule has 2 aromatic rings. The van der Waals surface area contributed by atoms with E-state index in [-0.39, 0.29) is 28.5 Å². The molecule has 1 heterocycles. The minimum atomic E-state index is -0.754. The van der Waals surface area contributed by atoms with Crippen molar-refractivity contribution in [2.45, 2.75) is 20.3 Å². The molecule has 2 rings (SSSR count). The summed E-state index contributed by atoms with van der Waals surface area (Å²) >= 11 is 0. The number of rotatable bonds is 3. The lowest BCUT2D eigenvalue weighted by Crippen LogP contribution is -2.08. The fraction of sp³-hybridized carbons (Fsp3) is 0.250. The molecule has 22 heavy (non-hydrogen) atoms. The number of hydrogen-bond donors (Lipinski definition) is 2. The Morgan fingerprint density at radius 3 is 2.55 bits per heavy atom. The number of methoxy groups -OCH3 is 1. The number of phenolic OH excluding ortho intramolecular Hbond substituents is 1. The zero-order valence-corrected chi connectivity index (χ0v) is 12.5. The fourth-order valence-electron chi connectivity index (χ4n) is 2.06. The van der Waals surface area contributed by atoms with Crippen molar-refractivity contribution in [2.75, 3.05) is 7.11 Å². The van der Waals surface area contributed by atoms with Crippen molar-refractivity contribution >= 4 is 16.9 Å². The van der Waals surface area contributed by atoms with E-state index in [1.54, 1.807) is 6.08 Å². The first-order valence-electron chi connectivity index (χ1n) is 6.59. The molecular weight excluding hydrogens is 288 g/mol. The molecule has 0 unspecified atom stereocenters. The average molecular weight is 304 g/mol. The van der Waals surface area contributed by atoms with Crippen LogP contribution in [0.4, 0.5) is 0 Å². The van der Waals surface area contributed by atoms with Gasteiger partial charge < -0.3 is 19.4 Å². The Morgan fingerprint density at radius 2 is 1.95 bits per heavy atom. The molecule has 6 nitrogen and oxygen atoms in total. The van der Waals surface area contributed by atoms with Crippen LogP contribution in [0.5, 0.6) is 11.5 Å². The van der Waals surface area contributed by atoms with E-state index in [4.69, 9.17) is 4.42 Å². The number of hydrogen-bond acceptors (Lipinski definition) is 6. The van der Waals surface area contributed by atoms with Crippen molar-refractivity contribution in [1.82, 2.24) is 0 Å². The minimum absolute atomic E-state index is 0.00592. The number of carbonyl (C=O) groups is 1. The van der Waals surface area contributed by atoms with Crippen molar-refractivity contribution in [3.8, 4) is 11.5 Å². The Hall–Kier alpha value is -2.76. The molecular formula is C16H16O6. The normalized spacial score (nSPS) is 10.5. The van der Waals surface area contributed by atoms with Crippen LogP contribution in [0, 0.1) is 0 Å². The lowest BCUT2D eigenvalue weighted by Gasteiger charge is -2.09. The Bertz CT molecular complexity index is 825. The lowest BCUT2D eigenvalue weighted by molar-refractivity contribution is 0.0598. The van der Waals surface area contributed by atoms with Crippen molar-refractivity contribution in [1.29, 1.82) is 0 Å². The van der Waals surface area contributed by atoms with Gasteiger partial charge in [0, 0.05) is 6.42 Å². The number of benzene rings is 1. The van der Waals surface area contributed by atoms with Crippen LogP contribution in [0.3, 0.4) is 0 Å². The second-order valence-corrected chi connectivity index (χ2v) is 5.03. The molecule has 0 saturated carbocycles. The second-order valence-electron chi connectivity index (χ2n) is 5.03. The summed E-state index contributed by atoms with van der Waals surface area (Å²) in [4.78, 5) is 23.5. The van der Waals surface area contributed by atoms with Crippen LogP contribution in [0.2, 0.25) is 0 Å². The van der Waals surface area contributed by atoms with Crippen LogP contribution in [0.1, 0.15) is 29.8 Å². The first kappa shape index (κ1) is 15.6. The quantitative estimate of drug-likeness (QED) is 0.514. The van der Waals surface area contributed by atoms with Crippen LogP contribution >= 0.6 is 0 Å². The van der Waals surface area contributed by atoms with E-state index in [0.29, 0.717) is 0 Å². The molecule has 0 fully saturated rings. The summed E-state index contributed by atoms with van der Waals surface area (Å²) in [5, 5.41) is 20.4. The Kier molecular flexibility index (Phi) is 4.21. The third kappa shape index (κ3) is 2.67. The van der Waals surface area contributed by atoms with Crippen LogP contribution in [-0.2, 0) is 11.2 Å². The summed E-state index contributed by atoms with van der Waals surface area (Å²) in [5.74, 6) is -1.63. The van der Waals surface area contributed by atoms with E-state index >= 15 is 0 Å². The number of allylic oxidation sites excluding steroid dienone is 2. The van der Waals surface area contributed by atoms with Crippen molar-refractivity contribution < 1.29 is 24.2 Å². The van der Waals surface area contributed by atoms with Crippen LogP contribution in [0.15, 0.2) is 33.0 Å². The summed E-state index contributed by atoms with van der Waals surface area (Å²) in [6.07, 6.45) is 1.91. The third-order valence-corrected chi connectivity index (χ3v) is 3.23. The number of phenols is 1. The number of fused-ring (bicyclic) bond motifs is 1. The molecule has 2 N–H and O–H groups in total. The molecule has 0 spiro atoms. The van der Waals surface area contributed by atoms with Gasteiger partial charge in [0.15, 0.2) is 0 Å². The molecule has 0 atom stereocenters. The molecule has 0 aliphatic heterocycles. The van der Waals surface area contributed by atoms with Crippen molar-refractivity contribution in [2.24, 2.45) is 0 Å². The van der Waals surface area contributed by atoms with Gasteiger partial charge in [-0.05, 0) is 26.0 Å². The molecule has 0 aliphatic carbocycles. The topological polar surface area (TPSA) is 97.0 Å². The first-order chi connectivity index (χ1) is 10.4. The Balaban J connectivity index is 2.76. The fourth-order valence-corrected chi connectivity index (χ4v) is 2.06. The maximum Gasteiger partial charge on any atom is 0.343 e. The van der Waals surface area contributed by atoms with E-state index in [0.717, 1.165) is 5.57 Å². The summed E-state index contributed by atoms with van der Waals surface area (Å²) in [7, 11) is 1.18. The van der Waals surface area contributed by atoms with Gasteiger partial charge in [0.25, 0.3) is 0 Å². The average Bonchev–Trinajstić information content (AvgIpc) is 2.45. The van der Waals surface area contributed by atoms with E-state index in [1.807, 2.05) is 13.8 Å². The molecule has 0 amide bonds. The monoisotopic (exact) mass is 304 g/mol. The van der Waals surface area contributed by atoms with Gasteiger partial charge in [-0.2, -0.15) is 0 Å². The van der Waals surface area contributed by atoms with Gasteiger partial charge in [0.1, 0.15) is 28.0 Å². The zero-order valence-electron chi connectivity index (χ0n) is 12.5. The maximum absolute atomic E-state index is 11.9. The van der Waals surface area contributed by atoms with Gasteiger partial charge in [-0.15, -0.1) is 0 Å². The Morgan fingerprint density at radius 1 is 1.27 bits per heavy atom. The van der Waals surface area contributed by atoms with Gasteiger partial charge in [-0.25, -0.2) is 9.59 Å². The third-order valence-electron chi connectivity index (χ3n) is 3.23. The first-order valence-corrected chi connectivity index (χ1v) is 6.59. The van der Waals surface area contributed by atoms with E-state index < -0.39 is 23.1 Å². The molecule has 116 valence electrons. The summed E-state index contributed by atoms with van der Waals surface area (Å²) in [5.41, 5.74) is 0.172. The zero-order chi connectivity index (χ0) is 16.4. The Labute approximate surface area is 126 Å². The van der Waals surface area contributed by atoms with Crippen molar-refractivity contribution in [3.05, 3.63) is 45.3 Å². The van der Waals surface area contributed by atoms with Gasteiger partial charge in [0.2, 0.25) is 0 Å². The van der Waals surface area contributed by atoms with Gasteiger partial charge in [0.05, 0.1) is 12.7 Å². The highest BCUT2D eigenvalue weighted by molar-refractivity contribution is 6.01. The van der Waals surface area contributed by atoms with E-state index in [9.17, 15) is 19.8 Å². The van der Waals surface area contributed by atoms with E-state index in [1.165, 1.54) is 19.2 Å². The van der Waals surface area contributed by atoms with Crippen molar-refractivity contribution in [3.63, 3.8) is 0 Å². The number of esters is 1. The molecule has 1 aromatic heterocycles. The minimum Gasteiger partial charge on any atom is -0.506 e.